The van der Waals surface area contributed by atoms with Crippen molar-refractivity contribution in [2.45, 2.75) is 4.90 Å². The molecule has 3 rings (SSSR count). The molecule has 3 aromatic carbocycles. The molecule has 0 radical (unpaired) electrons. The van der Waals surface area contributed by atoms with Gasteiger partial charge in [-0.05, 0) is 42.0 Å². The van der Waals surface area contributed by atoms with Crippen molar-refractivity contribution in [1.29, 1.82) is 0 Å². The highest BCUT2D eigenvalue weighted by molar-refractivity contribution is 7.90. The second kappa shape index (κ2) is 9.75. The minimum atomic E-state index is -4.50. The standard InChI is InChI=1S/C22H17N3O7S/c26-18-11-9-15(10-12-18)13-20(23-21(27)16-5-2-1-3-6-16)22(28)24-33(31,32)19-8-4-7-17(14-19)25(29)30/h1-14,26H,(H,23,27)(H,24,28)/b20-13-. The number of nitro groups is 1. The number of carbonyl (C=O) groups is 2. The lowest BCUT2D eigenvalue weighted by Crippen LogP contribution is -2.38. The van der Waals surface area contributed by atoms with Crippen LogP contribution in [-0.2, 0) is 14.8 Å². The molecule has 10 nitrogen and oxygen atoms in total. The summed E-state index contributed by atoms with van der Waals surface area (Å²) in [6.07, 6.45) is 1.22. The highest BCUT2D eigenvalue weighted by atomic mass is 32.2. The SMILES string of the molecule is O=C(NS(=O)(=O)c1cccc([N+](=O)[O-])c1)/C(=C/c1ccc(O)cc1)NC(=O)c1ccccc1. The van der Waals surface area contributed by atoms with Gasteiger partial charge in [0.2, 0.25) is 0 Å². The lowest BCUT2D eigenvalue weighted by Gasteiger charge is -2.12. The second-order valence-electron chi connectivity index (χ2n) is 6.66. The molecular formula is C22H17N3O7S. The summed E-state index contributed by atoms with van der Waals surface area (Å²) in [7, 11) is -4.50. The van der Waals surface area contributed by atoms with E-state index in [1.54, 1.807) is 22.9 Å². The first-order valence-electron chi connectivity index (χ1n) is 9.34. The third-order valence-corrected chi connectivity index (χ3v) is 5.63. The van der Waals surface area contributed by atoms with E-state index in [0.29, 0.717) is 5.56 Å². The predicted molar refractivity (Wildman–Crippen MR) is 118 cm³/mol. The number of nitrogens with one attached hydrogen (secondary N) is 2. The minimum Gasteiger partial charge on any atom is -0.508 e. The Morgan fingerprint density at radius 3 is 2.24 bits per heavy atom. The average molecular weight is 467 g/mol. The van der Waals surface area contributed by atoms with Crippen LogP contribution in [0.4, 0.5) is 5.69 Å². The molecule has 0 unspecified atom stereocenters. The number of carbonyl (C=O) groups excluding carboxylic acids is 2. The van der Waals surface area contributed by atoms with Gasteiger partial charge in [0.15, 0.2) is 0 Å². The quantitative estimate of drug-likeness (QED) is 0.274. The number of rotatable bonds is 7. The topological polar surface area (TPSA) is 156 Å². The molecule has 0 aliphatic heterocycles. The molecule has 0 aliphatic rings. The maximum atomic E-state index is 12.8. The van der Waals surface area contributed by atoms with Gasteiger partial charge in [-0.1, -0.05) is 36.4 Å². The first-order valence-corrected chi connectivity index (χ1v) is 10.8. The first-order chi connectivity index (χ1) is 15.7. The Hall–Kier alpha value is -4.51. The Balaban J connectivity index is 1.93. The predicted octanol–water partition coefficient (Wildman–Crippen LogP) is 2.58. The number of nitrogens with zero attached hydrogens (tertiary/aromatic N) is 1. The summed E-state index contributed by atoms with van der Waals surface area (Å²) in [4.78, 5) is 35.1. The Labute approximate surface area is 188 Å². The number of non-ortho nitro benzene ring substituents is 1. The molecule has 0 saturated heterocycles. The van der Waals surface area contributed by atoms with Gasteiger partial charge >= 0.3 is 0 Å². The second-order valence-corrected chi connectivity index (χ2v) is 8.34. The van der Waals surface area contributed by atoms with Crippen molar-refractivity contribution in [3.8, 4) is 5.75 Å². The highest BCUT2D eigenvalue weighted by Gasteiger charge is 2.23. The van der Waals surface area contributed by atoms with E-state index in [1.807, 2.05) is 0 Å². The number of sulfonamides is 1. The van der Waals surface area contributed by atoms with Gasteiger partial charge in [-0.2, -0.15) is 0 Å². The third kappa shape index (κ3) is 6.02. The average Bonchev–Trinajstić information content (AvgIpc) is 2.80. The van der Waals surface area contributed by atoms with E-state index < -0.39 is 43.0 Å². The van der Waals surface area contributed by atoms with Crippen LogP contribution in [0.15, 0.2) is 89.5 Å². The largest absolute Gasteiger partial charge is 0.508 e. The maximum absolute atomic E-state index is 12.8. The number of amides is 2. The van der Waals surface area contributed by atoms with Crippen LogP contribution in [0.3, 0.4) is 0 Å². The number of benzene rings is 3. The zero-order chi connectivity index (χ0) is 24.0. The number of hydrogen-bond acceptors (Lipinski definition) is 7. The van der Waals surface area contributed by atoms with Gasteiger partial charge in [-0.3, -0.25) is 19.7 Å². The number of hydrogen-bond donors (Lipinski definition) is 3. The molecule has 0 fully saturated rings. The van der Waals surface area contributed by atoms with Gasteiger partial charge in [0.05, 0.1) is 9.82 Å². The Morgan fingerprint density at radius 1 is 0.939 bits per heavy atom. The van der Waals surface area contributed by atoms with Gasteiger partial charge < -0.3 is 10.4 Å². The maximum Gasteiger partial charge on any atom is 0.281 e. The molecule has 168 valence electrons. The van der Waals surface area contributed by atoms with Crippen LogP contribution in [0.2, 0.25) is 0 Å². The lowest BCUT2D eigenvalue weighted by molar-refractivity contribution is -0.385. The molecule has 0 aromatic heterocycles. The van der Waals surface area contributed by atoms with Gasteiger partial charge in [0.25, 0.3) is 27.5 Å². The van der Waals surface area contributed by atoms with E-state index in [-0.39, 0.29) is 11.3 Å². The fraction of sp³-hybridized carbons (Fsp3) is 0. The van der Waals surface area contributed by atoms with Crippen molar-refractivity contribution < 1.29 is 28.0 Å². The number of phenolic OH excluding ortho intramolecular Hbond substituents is 1. The molecule has 0 atom stereocenters. The normalized spacial score (nSPS) is 11.5. The highest BCUT2D eigenvalue weighted by Crippen LogP contribution is 2.18. The fourth-order valence-corrected chi connectivity index (χ4v) is 3.69. The summed E-state index contributed by atoms with van der Waals surface area (Å²) in [5.74, 6) is -1.86. The smallest absolute Gasteiger partial charge is 0.281 e. The molecule has 0 spiro atoms. The van der Waals surface area contributed by atoms with E-state index in [2.05, 4.69) is 5.32 Å². The lowest BCUT2D eigenvalue weighted by atomic mass is 10.1. The fourth-order valence-electron chi connectivity index (χ4n) is 2.68. The Morgan fingerprint density at radius 2 is 1.61 bits per heavy atom. The molecule has 0 heterocycles. The number of aromatic hydroxyl groups is 1. The third-order valence-electron chi connectivity index (χ3n) is 4.30. The monoisotopic (exact) mass is 467 g/mol. The van der Waals surface area contributed by atoms with Crippen LogP contribution in [0.25, 0.3) is 6.08 Å². The molecule has 0 bridgehead atoms. The van der Waals surface area contributed by atoms with Crippen molar-refractivity contribution in [3.05, 3.63) is 106 Å². The van der Waals surface area contributed by atoms with Gasteiger partial charge in [-0.25, -0.2) is 13.1 Å². The van der Waals surface area contributed by atoms with Crippen molar-refractivity contribution in [3.63, 3.8) is 0 Å². The van der Waals surface area contributed by atoms with Crippen LogP contribution in [0.1, 0.15) is 15.9 Å². The first kappa shape index (κ1) is 23.2. The van der Waals surface area contributed by atoms with Gasteiger partial charge in [0, 0.05) is 17.7 Å². The van der Waals surface area contributed by atoms with E-state index in [4.69, 9.17) is 0 Å². The summed E-state index contributed by atoms with van der Waals surface area (Å²) in [5, 5.41) is 22.8. The molecule has 0 aliphatic carbocycles. The van der Waals surface area contributed by atoms with E-state index in [9.17, 15) is 33.2 Å². The van der Waals surface area contributed by atoms with Gasteiger partial charge in [0.1, 0.15) is 11.4 Å². The molecule has 0 saturated carbocycles. The van der Waals surface area contributed by atoms with E-state index in [0.717, 1.165) is 18.2 Å². The van der Waals surface area contributed by atoms with Crippen LogP contribution < -0.4 is 10.0 Å². The molecule has 3 N–H and O–H groups in total. The summed E-state index contributed by atoms with van der Waals surface area (Å²) in [6.45, 7) is 0. The van der Waals surface area contributed by atoms with Crippen molar-refractivity contribution in [1.82, 2.24) is 10.0 Å². The molecule has 33 heavy (non-hydrogen) atoms. The van der Waals surface area contributed by atoms with Crippen LogP contribution in [0.5, 0.6) is 5.75 Å². The molecule has 3 aromatic rings. The van der Waals surface area contributed by atoms with Crippen molar-refractivity contribution >= 4 is 33.6 Å². The zero-order valence-corrected chi connectivity index (χ0v) is 17.7. The van der Waals surface area contributed by atoms with E-state index >= 15 is 0 Å². The van der Waals surface area contributed by atoms with Crippen molar-refractivity contribution in [2.75, 3.05) is 0 Å². The summed E-state index contributed by atoms with van der Waals surface area (Å²) in [5.41, 5.74) is -0.256. The summed E-state index contributed by atoms with van der Waals surface area (Å²) < 4.78 is 27.1. The molecule has 2 amide bonds. The van der Waals surface area contributed by atoms with Crippen LogP contribution in [-0.4, -0.2) is 30.3 Å². The molecule has 11 heteroatoms. The molecular weight excluding hydrogens is 450 g/mol. The summed E-state index contributed by atoms with van der Waals surface area (Å²) in [6, 6.07) is 17.7. The minimum absolute atomic E-state index is 0.0280. The van der Waals surface area contributed by atoms with Gasteiger partial charge in [-0.15, -0.1) is 0 Å². The zero-order valence-electron chi connectivity index (χ0n) is 16.8. The number of nitro benzene ring substituents is 1. The van der Waals surface area contributed by atoms with Crippen LogP contribution in [0, 0.1) is 10.1 Å². The number of phenols is 1. The summed E-state index contributed by atoms with van der Waals surface area (Å²) >= 11 is 0. The van der Waals surface area contributed by atoms with Crippen molar-refractivity contribution in [2.24, 2.45) is 0 Å². The van der Waals surface area contributed by atoms with Crippen LogP contribution >= 0.6 is 0 Å². The van der Waals surface area contributed by atoms with E-state index in [1.165, 1.54) is 48.5 Å². The Bertz CT molecular complexity index is 1340. The Kier molecular flexibility index (Phi) is 6.84.